The lowest BCUT2D eigenvalue weighted by atomic mass is 10.0. The Labute approximate surface area is 143 Å². The van der Waals surface area contributed by atoms with Gasteiger partial charge >= 0.3 is 11.6 Å². The average molecular weight is 350 g/mol. The molecule has 1 aromatic carbocycles. The summed E-state index contributed by atoms with van der Waals surface area (Å²) in [5.74, 6) is -1.38. The van der Waals surface area contributed by atoms with Crippen LogP contribution in [0.2, 0.25) is 0 Å². The lowest BCUT2D eigenvalue weighted by Crippen LogP contribution is -2.14. The molecule has 0 aliphatic rings. The summed E-state index contributed by atoms with van der Waals surface area (Å²) in [4.78, 5) is 23.5. The van der Waals surface area contributed by atoms with Crippen LogP contribution in [0, 0.1) is 0 Å². The number of rotatable bonds is 8. The second-order valence-corrected chi connectivity index (χ2v) is 4.91. The lowest BCUT2D eigenvalue weighted by molar-refractivity contribution is 0.0656. The molecule has 0 atom stereocenters. The summed E-state index contributed by atoms with van der Waals surface area (Å²) in [6, 6.07) is 6.16. The summed E-state index contributed by atoms with van der Waals surface area (Å²) >= 11 is 0. The number of carboxylic acid groups (broad SMARTS) is 1. The Hall–Kier alpha value is -3.00. The molecule has 0 saturated carbocycles. The highest BCUT2D eigenvalue weighted by atomic mass is 16.5. The van der Waals surface area contributed by atoms with Gasteiger partial charge in [0, 0.05) is 24.7 Å². The highest BCUT2D eigenvalue weighted by Gasteiger charge is 2.23. The summed E-state index contributed by atoms with van der Waals surface area (Å²) in [7, 11) is 2.88. The van der Waals surface area contributed by atoms with Crippen LogP contribution in [0.25, 0.3) is 11.1 Å². The number of aromatic carboxylic acids is 1. The van der Waals surface area contributed by atoms with E-state index in [1.165, 1.54) is 20.3 Å². The number of ether oxygens (including phenoxy) is 3. The summed E-state index contributed by atoms with van der Waals surface area (Å²) in [5, 5.41) is 18.1. The molecule has 0 spiro atoms. The Morgan fingerprint density at radius 2 is 1.84 bits per heavy atom. The SMILES string of the molecule is COc1cccc(OC)c1-c1cc(C(=O)O)oc(=O)c1OCCCO. The van der Waals surface area contributed by atoms with Crippen LogP contribution in [0.4, 0.5) is 0 Å². The molecule has 25 heavy (non-hydrogen) atoms. The third-order valence-corrected chi connectivity index (χ3v) is 3.36. The van der Waals surface area contributed by atoms with Crippen LogP contribution < -0.4 is 19.8 Å². The number of methoxy groups -OCH3 is 2. The zero-order chi connectivity index (χ0) is 18.4. The second kappa shape index (κ2) is 8.20. The van der Waals surface area contributed by atoms with E-state index in [2.05, 4.69) is 0 Å². The van der Waals surface area contributed by atoms with Crippen LogP contribution in [-0.2, 0) is 0 Å². The molecule has 1 heterocycles. The molecular weight excluding hydrogens is 332 g/mol. The van der Waals surface area contributed by atoms with Gasteiger partial charge in [-0.15, -0.1) is 0 Å². The second-order valence-electron chi connectivity index (χ2n) is 4.91. The van der Waals surface area contributed by atoms with Crippen molar-refractivity contribution in [1.29, 1.82) is 0 Å². The molecule has 2 N–H and O–H groups in total. The predicted octanol–water partition coefficient (Wildman–Crippen LogP) is 1.78. The van der Waals surface area contributed by atoms with Gasteiger partial charge in [0.15, 0.2) is 0 Å². The smallest absolute Gasteiger partial charge is 0.379 e. The minimum atomic E-state index is -1.39. The highest BCUT2D eigenvalue weighted by molar-refractivity contribution is 5.89. The zero-order valence-electron chi connectivity index (χ0n) is 13.8. The number of benzene rings is 1. The fourth-order valence-corrected chi connectivity index (χ4v) is 2.27. The van der Waals surface area contributed by atoms with Crippen LogP contribution in [0.3, 0.4) is 0 Å². The molecule has 0 bridgehead atoms. The number of hydrogen-bond donors (Lipinski definition) is 2. The Morgan fingerprint density at radius 3 is 2.36 bits per heavy atom. The van der Waals surface area contributed by atoms with Gasteiger partial charge in [0.1, 0.15) is 11.5 Å². The maximum absolute atomic E-state index is 12.2. The number of hydrogen-bond acceptors (Lipinski definition) is 7. The zero-order valence-corrected chi connectivity index (χ0v) is 13.8. The van der Waals surface area contributed by atoms with E-state index in [9.17, 15) is 9.59 Å². The van der Waals surface area contributed by atoms with Crippen molar-refractivity contribution < 1.29 is 33.6 Å². The predicted molar refractivity (Wildman–Crippen MR) is 87.7 cm³/mol. The van der Waals surface area contributed by atoms with Crippen molar-refractivity contribution in [2.75, 3.05) is 27.4 Å². The minimum Gasteiger partial charge on any atom is -0.496 e. The summed E-state index contributed by atoms with van der Waals surface area (Å²) in [5.41, 5.74) is -0.413. The maximum Gasteiger partial charge on any atom is 0.379 e. The molecule has 134 valence electrons. The molecule has 1 aromatic heterocycles. The summed E-state index contributed by atoms with van der Waals surface area (Å²) < 4.78 is 20.8. The van der Waals surface area contributed by atoms with Crippen molar-refractivity contribution in [3.05, 3.63) is 40.4 Å². The average Bonchev–Trinajstić information content (AvgIpc) is 2.61. The molecule has 0 aliphatic heterocycles. The van der Waals surface area contributed by atoms with Gasteiger partial charge in [-0.2, -0.15) is 0 Å². The van der Waals surface area contributed by atoms with E-state index in [1.54, 1.807) is 18.2 Å². The minimum absolute atomic E-state index is 0.0537. The van der Waals surface area contributed by atoms with Gasteiger partial charge in [-0.1, -0.05) is 6.07 Å². The van der Waals surface area contributed by atoms with E-state index in [0.717, 1.165) is 0 Å². The Balaban J connectivity index is 2.73. The monoisotopic (exact) mass is 350 g/mol. The first-order valence-electron chi connectivity index (χ1n) is 7.40. The lowest BCUT2D eigenvalue weighted by Gasteiger charge is -2.16. The van der Waals surface area contributed by atoms with Crippen molar-refractivity contribution >= 4 is 5.97 Å². The summed E-state index contributed by atoms with van der Waals surface area (Å²) in [6.07, 6.45) is 0.294. The largest absolute Gasteiger partial charge is 0.496 e. The molecule has 0 aliphatic carbocycles. The first-order valence-corrected chi connectivity index (χ1v) is 7.40. The molecule has 0 saturated heterocycles. The topological polar surface area (TPSA) is 115 Å². The Kier molecular flexibility index (Phi) is 6.02. The Morgan fingerprint density at radius 1 is 1.20 bits per heavy atom. The first kappa shape index (κ1) is 18.3. The molecule has 0 fully saturated rings. The number of aliphatic hydroxyl groups is 1. The molecular formula is C17H18O8. The van der Waals surface area contributed by atoms with Gasteiger partial charge in [0.05, 0.1) is 26.4 Å². The number of aliphatic hydroxyl groups excluding tert-OH is 1. The third kappa shape index (κ3) is 3.92. The molecule has 2 rings (SSSR count). The molecule has 2 aromatic rings. The van der Waals surface area contributed by atoms with Crippen molar-refractivity contribution in [2.45, 2.75) is 6.42 Å². The third-order valence-electron chi connectivity index (χ3n) is 3.36. The van der Waals surface area contributed by atoms with Gasteiger partial charge in [0.2, 0.25) is 11.5 Å². The standard InChI is InChI=1S/C17H18O8/c1-22-11-5-3-6-12(23-2)14(11)10-9-13(16(19)20)25-17(21)15(10)24-8-4-7-18/h3,5-6,9,18H,4,7-8H2,1-2H3,(H,19,20). The van der Waals surface area contributed by atoms with Gasteiger partial charge in [0.25, 0.3) is 0 Å². The van der Waals surface area contributed by atoms with Crippen LogP contribution in [-0.4, -0.2) is 43.6 Å². The summed E-state index contributed by atoms with van der Waals surface area (Å²) in [6.45, 7) is -0.0655. The van der Waals surface area contributed by atoms with E-state index in [0.29, 0.717) is 23.5 Å². The van der Waals surface area contributed by atoms with Crippen LogP contribution in [0.5, 0.6) is 17.2 Å². The van der Waals surface area contributed by atoms with Crippen LogP contribution >= 0.6 is 0 Å². The van der Waals surface area contributed by atoms with E-state index in [-0.39, 0.29) is 24.5 Å². The van der Waals surface area contributed by atoms with Crippen molar-refractivity contribution in [2.24, 2.45) is 0 Å². The van der Waals surface area contributed by atoms with E-state index in [4.69, 9.17) is 28.8 Å². The number of carboxylic acids is 1. The van der Waals surface area contributed by atoms with Crippen LogP contribution in [0.15, 0.2) is 33.5 Å². The molecule has 8 nitrogen and oxygen atoms in total. The van der Waals surface area contributed by atoms with Crippen molar-refractivity contribution in [3.8, 4) is 28.4 Å². The first-order chi connectivity index (χ1) is 12.0. The molecule has 0 radical (unpaired) electrons. The van der Waals surface area contributed by atoms with Crippen molar-refractivity contribution in [3.63, 3.8) is 0 Å². The molecule has 0 amide bonds. The normalized spacial score (nSPS) is 10.4. The fourth-order valence-electron chi connectivity index (χ4n) is 2.27. The van der Waals surface area contributed by atoms with Crippen LogP contribution in [0.1, 0.15) is 17.0 Å². The van der Waals surface area contributed by atoms with Gasteiger partial charge in [-0.05, 0) is 12.1 Å². The Bertz CT molecular complexity index is 787. The quantitative estimate of drug-likeness (QED) is 0.692. The van der Waals surface area contributed by atoms with Crippen molar-refractivity contribution in [1.82, 2.24) is 0 Å². The fraction of sp³-hybridized carbons (Fsp3) is 0.294. The van der Waals surface area contributed by atoms with E-state index >= 15 is 0 Å². The van der Waals surface area contributed by atoms with Gasteiger partial charge in [-0.25, -0.2) is 9.59 Å². The maximum atomic E-state index is 12.2. The van der Waals surface area contributed by atoms with Gasteiger partial charge in [-0.3, -0.25) is 0 Å². The van der Waals surface area contributed by atoms with Gasteiger partial charge < -0.3 is 28.8 Å². The van der Waals surface area contributed by atoms with E-state index in [1.807, 2.05) is 0 Å². The highest BCUT2D eigenvalue weighted by Crippen LogP contribution is 2.41. The molecule has 0 unspecified atom stereocenters. The molecule has 8 heteroatoms. The van der Waals surface area contributed by atoms with E-state index < -0.39 is 17.4 Å². The number of carbonyl (C=O) groups is 1.